The number of hydrogen-bond donors (Lipinski definition) is 1. The first kappa shape index (κ1) is 12.2. The molecule has 0 fully saturated rings. The highest BCUT2D eigenvalue weighted by Gasteiger charge is 2.12. The van der Waals surface area contributed by atoms with Gasteiger partial charge in [0.2, 0.25) is 0 Å². The predicted octanol–water partition coefficient (Wildman–Crippen LogP) is 3.69. The number of methoxy groups -OCH3 is 1. The van der Waals surface area contributed by atoms with E-state index in [0.717, 1.165) is 16.7 Å². The van der Waals surface area contributed by atoms with Gasteiger partial charge in [-0.15, -0.1) is 0 Å². The van der Waals surface area contributed by atoms with Crippen LogP contribution in [-0.2, 0) is 4.74 Å². The van der Waals surface area contributed by atoms with E-state index in [1.807, 2.05) is 29.6 Å². The highest BCUT2D eigenvalue weighted by Crippen LogP contribution is 2.22. The van der Waals surface area contributed by atoms with Crippen LogP contribution in [-0.4, -0.2) is 18.6 Å². The van der Waals surface area contributed by atoms with Crippen LogP contribution >= 0.6 is 11.3 Å². The van der Waals surface area contributed by atoms with Crippen molar-refractivity contribution in [2.45, 2.75) is 6.10 Å². The first-order valence-corrected chi connectivity index (χ1v) is 6.95. The smallest absolute Gasteiger partial charge is 0.295 e. The fourth-order valence-corrected chi connectivity index (χ4v) is 2.63. The van der Waals surface area contributed by atoms with Gasteiger partial charge in [0.1, 0.15) is 11.6 Å². The van der Waals surface area contributed by atoms with Crippen LogP contribution in [0, 0.1) is 0 Å². The average molecular weight is 274 g/mol. The number of aromatic nitrogens is 1. The van der Waals surface area contributed by atoms with Crippen LogP contribution in [0.1, 0.15) is 11.7 Å². The number of thiophene rings is 1. The summed E-state index contributed by atoms with van der Waals surface area (Å²) in [5, 5.41) is 7.30. The second-order valence-electron chi connectivity index (χ2n) is 4.15. The summed E-state index contributed by atoms with van der Waals surface area (Å²) in [5.74, 6) is 0. The predicted molar refractivity (Wildman–Crippen MR) is 76.6 cm³/mol. The first-order chi connectivity index (χ1) is 9.36. The molecule has 3 aromatic rings. The second-order valence-corrected chi connectivity index (χ2v) is 4.93. The molecule has 0 aliphatic rings. The van der Waals surface area contributed by atoms with Crippen molar-refractivity contribution in [2.24, 2.45) is 0 Å². The third kappa shape index (κ3) is 2.62. The molecule has 0 amide bonds. The number of ether oxygens (including phenoxy) is 1. The van der Waals surface area contributed by atoms with Crippen molar-refractivity contribution in [3.05, 3.63) is 46.7 Å². The minimum Gasteiger partial charge on any atom is -0.424 e. The largest absolute Gasteiger partial charge is 0.424 e. The molecule has 0 aliphatic carbocycles. The Morgan fingerprint density at radius 1 is 1.37 bits per heavy atom. The molecule has 2 aromatic heterocycles. The Labute approximate surface area is 115 Å². The lowest BCUT2D eigenvalue weighted by Gasteiger charge is -2.13. The zero-order valence-corrected chi connectivity index (χ0v) is 11.3. The lowest BCUT2D eigenvalue weighted by atomic mass is 10.2. The van der Waals surface area contributed by atoms with Gasteiger partial charge in [0.25, 0.3) is 6.01 Å². The van der Waals surface area contributed by atoms with Crippen LogP contribution in [0.2, 0.25) is 0 Å². The number of oxazole rings is 1. The van der Waals surface area contributed by atoms with E-state index in [2.05, 4.69) is 21.7 Å². The fraction of sp³-hybridized carbons (Fsp3) is 0.214. The van der Waals surface area contributed by atoms with Gasteiger partial charge < -0.3 is 14.5 Å². The van der Waals surface area contributed by atoms with E-state index in [-0.39, 0.29) is 6.10 Å². The Kier molecular flexibility index (Phi) is 3.48. The molecule has 5 heteroatoms. The number of anilines is 1. The number of fused-ring (bicyclic) bond motifs is 1. The van der Waals surface area contributed by atoms with Crippen LogP contribution in [0.15, 0.2) is 45.5 Å². The average Bonchev–Trinajstić information content (AvgIpc) is 3.08. The third-order valence-electron chi connectivity index (χ3n) is 2.93. The highest BCUT2D eigenvalue weighted by atomic mass is 32.1. The molecule has 19 heavy (non-hydrogen) atoms. The van der Waals surface area contributed by atoms with E-state index < -0.39 is 0 Å². The van der Waals surface area contributed by atoms with E-state index >= 15 is 0 Å². The minimum absolute atomic E-state index is 0.00117. The number of hydrogen-bond acceptors (Lipinski definition) is 5. The summed E-state index contributed by atoms with van der Waals surface area (Å²) in [7, 11) is 1.70. The molecular weight excluding hydrogens is 260 g/mol. The SMILES string of the molecule is COC(CNc1nc2ccccc2o1)c1ccsc1. The zero-order valence-electron chi connectivity index (χ0n) is 10.5. The summed E-state index contributed by atoms with van der Waals surface area (Å²) in [6.45, 7) is 0.625. The van der Waals surface area contributed by atoms with Crippen molar-refractivity contribution >= 4 is 28.5 Å². The fourth-order valence-electron chi connectivity index (χ4n) is 1.92. The molecule has 4 nitrogen and oxygen atoms in total. The zero-order chi connectivity index (χ0) is 13.1. The number of benzene rings is 1. The van der Waals surface area contributed by atoms with E-state index in [0.29, 0.717) is 12.6 Å². The third-order valence-corrected chi connectivity index (χ3v) is 3.63. The Bertz CT molecular complexity index is 615. The molecule has 1 aromatic carbocycles. The summed E-state index contributed by atoms with van der Waals surface area (Å²) >= 11 is 1.66. The molecule has 1 N–H and O–H groups in total. The topological polar surface area (TPSA) is 47.3 Å². The molecule has 0 aliphatic heterocycles. The van der Waals surface area contributed by atoms with Gasteiger partial charge >= 0.3 is 0 Å². The Hall–Kier alpha value is -1.85. The minimum atomic E-state index is 0.00117. The standard InChI is InChI=1S/C14H14N2O2S/c1-17-13(10-6-7-19-9-10)8-15-14-16-11-4-2-3-5-12(11)18-14/h2-7,9,13H,8H2,1H3,(H,15,16). The van der Waals surface area contributed by atoms with Gasteiger partial charge in [-0.2, -0.15) is 16.3 Å². The molecular formula is C14H14N2O2S. The van der Waals surface area contributed by atoms with Crippen LogP contribution < -0.4 is 5.32 Å². The maximum atomic E-state index is 5.61. The normalized spacial score (nSPS) is 12.7. The van der Waals surface area contributed by atoms with Crippen molar-refractivity contribution < 1.29 is 9.15 Å². The van der Waals surface area contributed by atoms with Crippen molar-refractivity contribution in [1.29, 1.82) is 0 Å². The Morgan fingerprint density at radius 3 is 3.00 bits per heavy atom. The molecule has 1 unspecified atom stereocenters. The van der Waals surface area contributed by atoms with Crippen LogP contribution in [0.3, 0.4) is 0 Å². The number of nitrogens with zero attached hydrogens (tertiary/aromatic N) is 1. The van der Waals surface area contributed by atoms with Crippen molar-refractivity contribution in [3.63, 3.8) is 0 Å². The van der Waals surface area contributed by atoms with Gasteiger partial charge in [0.15, 0.2) is 5.58 Å². The summed E-state index contributed by atoms with van der Waals surface area (Å²) in [4.78, 5) is 4.37. The van der Waals surface area contributed by atoms with Gasteiger partial charge in [0, 0.05) is 13.7 Å². The van der Waals surface area contributed by atoms with Crippen molar-refractivity contribution in [1.82, 2.24) is 4.98 Å². The molecule has 0 radical (unpaired) electrons. The molecule has 1 atom stereocenters. The first-order valence-electron chi connectivity index (χ1n) is 6.01. The summed E-state index contributed by atoms with van der Waals surface area (Å²) in [6.07, 6.45) is 0.00117. The quantitative estimate of drug-likeness (QED) is 0.771. The lowest BCUT2D eigenvalue weighted by Crippen LogP contribution is -2.13. The van der Waals surface area contributed by atoms with Crippen LogP contribution in [0.25, 0.3) is 11.1 Å². The number of rotatable bonds is 5. The molecule has 0 spiro atoms. The monoisotopic (exact) mass is 274 g/mol. The lowest BCUT2D eigenvalue weighted by molar-refractivity contribution is 0.114. The second kappa shape index (κ2) is 5.42. The van der Waals surface area contributed by atoms with Crippen LogP contribution in [0.4, 0.5) is 6.01 Å². The van der Waals surface area contributed by atoms with E-state index in [9.17, 15) is 0 Å². The molecule has 2 heterocycles. The van der Waals surface area contributed by atoms with Gasteiger partial charge in [-0.1, -0.05) is 12.1 Å². The van der Waals surface area contributed by atoms with Crippen LogP contribution in [0.5, 0.6) is 0 Å². The summed E-state index contributed by atoms with van der Waals surface area (Å²) in [6, 6.07) is 10.3. The maximum Gasteiger partial charge on any atom is 0.295 e. The van der Waals surface area contributed by atoms with Gasteiger partial charge in [-0.3, -0.25) is 0 Å². The van der Waals surface area contributed by atoms with E-state index in [4.69, 9.17) is 9.15 Å². The van der Waals surface area contributed by atoms with E-state index in [1.165, 1.54) is 0 Å². The highest BCUT2D eigenvalue weighted by molar-refractivity contribution is 7.07. The van der Waals surface area contributed by atoms with Gasteiger partial charge in [-0.25, -0.2) is 0 Å². The van der Waals surface area contributed by atoms with Gasteiger partial charge in [-0.05, 0) is 34.5 Å². The molecule has 0 saturated heterocycles. The summed E-state index contributed by atoms with van der Waals surface area (Å²) in [5.41, 5.74) is 2.81. The molecule has 0 saturated carbocycles. The van der Waals surface area contributed by atoms with Crippen molar-refractivity contribution in [3.8, 4) is 0 Å². The Balaban J connectivity index is 1.71. The molecule has 0 bridgehead atoms. The van der Waals surface area contributed by atoms with Crippen molar-refractivity contribution in [2.75, 3.05) is 19.0 Å². The Morgan fingerprint density at radius 2 is 2.26 bits per heavy atom. The molecule has 98 valence electrons. The maximum absolute atomic E-state index is 5.61. The summed E-state index contributed by atoms with van der Waals surface area (Å²) < 4.78 is 11.1. The number of para-hydroxylation sites is 2. The molecule has 3 rings (SSSR count). The van der Waals surface area contributed by atoms with Gasteiger partial charge in [0.05, 0.1) is 0 Å². The number of nitrogens with one attached hydrogen (secondary N) is 1. The van der Waals surface area contributed by atoms with E-state index in [1.54, 1.807) is 18.4 Å².